The van der Waals surface area contributed by atoms with Gasteiger partial charge in [0.25, 0.3) is 0 Å². The number of carbonyl (C=O) groups is 1. The molecule has 1 saturated heterocycles. The minimum Gasteiger partial charge on any atom is -0.355 e. The fraction of sp³-hybridized carbons (Fsp3) is 0.375. The molecule has 1 aliphatic rings. The summed E-state index contributed by atoms with van der Waals surface area (Å²) in [6.45, 7) is 2.43. The van der Waals surface area contributed by atoms with Crippen LogP contribution in [0.4, 0.5) is 0 Å². The molecule has 20 heavy (non-hydrogen) atoms. The van der Waals surface area contributed by atoms with E-state index < -0.39 is 0 Å². The molecule has 1 aromatic heterocycles. The summed E-state index contributed by atoms with van der Waals surface area (Å²) in [5.74, 6) is 0.309. The van der Waals surface area contributed by atoms with Crippen molar-refractivity contribution in [2.45, 2.75) is 12.8 Å². The van der Waals surface area contributed by atoms with Gasteiger partial charge in [0.15, 0.2) is 0 Å². The van der Waals surface area contributed by atoms with Gasteiger partial charge in [-0.15, -0.1) is 0 Å². The molecule has 104 valence electrons. The number of pyridine rings is 1. The number of nitrogens with one attached hydrogen (secondary N) is 2. The Balaban J connectivity index is 1.61. The van der Waals surface area contributed by atoms with Crippen LogP contribution in [0.15, 0.2) is 36.5 Å². The minimum atomic E-state index is 0.139. The molecule has 1 unspecified atom stereocenters. The third-order valence-corrected chi connectivity index (χ3v) is 3.84. The molecule has 2 aromatic rings. The lowest BCUT2D eigenvalue weighted by Crippen LogP contribution is -2.33. The lowest BCUT2D eigenvalue weighted by molar-refractivity contribution is -0.124. The summed E-state index contributed by atoms with van der Waals surface area (Å²) in [4.78, 5) is 16.4. The molecule has 1 aromatic carbocycles. The van der Waals surface area contributed by atoms with Crippen LogP contribution in [0.5, 0.6) is 0 Å². The number of hydrogen-bond donors (Lipinski definition) is 2. The number of hydrogen-bond acceptors (Lipinski definition) is 3. The molecule has 0 radical (unpaired) electrons. The van der Waals surface area contributed by atoms with Gasteiger partial charge in [0, 0.05) is 24.7 Å². The molecule has 4 heteroatoms. The number of fused-ring (bicyclic) bond motifs is 1. The van der Waals surface area contributed by atoms with Gasteiger partial charge in [-0.3, -0.25) is 9.78 Å². The fourth-order valence-electron chi connectivity index (χ4n) is 2.71. The number of nitrogens with zero attached hydrogens (tertiary/aromatic N) is 1. The molecule has 1 amide bonds. The highest BCUT2D eigenvalue weighted by Crippen LogP contribution is 2.16. The first-order chi connectivity index (χ1) is 9.84. The predicted molar refractivity (Wildman–Crippen MR) is 79.4 cm³/mol. The number of benzene rings is 1. The summed E-state index contributed by atoms with van der Waals surface area (Å²) < 4.78 is 0. The molecule has 1 atom stereocenters. The maximum atomic E-state index is 11.9. The molecule has 0 bridgehead atoms. The SMILES string of the molecule is O=C(NCCc1cccc2cccnc12)C1CCNC1. The van der Waals surface area contributed by atoms with Crippen molar-refractivity contribution in [3.05, 3.63) is 42.1 Å². The first-order valence-electron chi connectivity index (χ1n) is 7.15. The summed E-state index contributed by atoms with van der Waals surface area (Å²) in [5, 5.41) is 7.40. The Morgan fingerprint density at radius 2 is 2.25 bits per heavy atom. The van der Waals surface area contributed by atoms with E-state index >= 15 is 0 Å². The topological polar surface area (TPSA) is 54.0 Å². The van der Waals surface area contributed by atoms with Gasteiger partial charge in [0.05, 0.1) is 11.4 Å². The van der Waals surface area contributed by atoms with Crippen molar-refractivity contribution >= 4 is 16.8 Å². The number of rotatable bonds is 4. The Morgan fingerprint density at radius 1 is 1.35 bits per heavy atom. The summed E-state index contributed by atoms with van der Waals surface area (Å²) in [6, 6.07) is 10.2. The molecule has 2 heterocycles. The van der Waals surface area contributed by atoms with Crippen molar-refractivity contribution in [2.75, 3.05) is 19.6 Å². The summed E-state index contributed by atoms with van der Waals surface area (Å²) in [6.07, 6.45) is 3.58. The van der Waals surface area contributed by atoms with Crippen LogP contribution in [-0.4, -0.2) is 30.5 Å². The van der Waals surface area contributed by atoms with E-state index in [1.165, 1.54) is 5.56 Å². The molecule has 1 aliphatic heterocycles. The largest absolute Gasteiger partial charge is 0.355 e. The average Bonchev–Trinajstić information content (AvgIpc) is 3.02. The molecular weight excluding hydrogens is 250 g/mol. The number of amides is 1. The van der Waals surface area contributed by atoms with E-state index in [1.807, 2.05) is 18.3 Å². The quantitative estimate of drug-likeness (QED) is 0.884. The van der Waals surface area contributed by atoms with Crippen LogP contribution in [-0.2, 0) is 11.2 Å². The van der Waals surface area contributed by atoms with E-state index in [2.05, 4.69) is 33.8 Å². The van der Waals surface area contributed by atoms with E-state index in [4.69, 9.17) is 0 Å². The second kappa shape index (κ2) is 6.01. The van der Waals surface area contributed by atoms with Crippen LogP contribution in [0, 0.1) is 5.92 Å². The zero-order valence-corrected chi connectivity index (χ0v) is 11.4. The normalized spacial score (nSPS) is 18.3. The van der Waals surface area contributed by atoms with Gasteiger partial charge < -0.3 is 10.6 Å². The van der Waals surface area contributed by atoms with Crippen LogP contribution < -0.4 is 10.6 Å². The van der Waals surface area contributed by atoms with Gasteiger partial charge in [0.1, 0.15) is 0 Å². The van der Waals surface area contributed by atoms with Gasteiger partial charge >= 0.3 is 0 Å². The Bertz CT molecular complexity index is 600. The van der Waals surface area contributed by atoms with Gasteiger partial charge in [-0.2, -0.15) is 0 Å². The van der Waals surface area contributed by atoms with E-state index in [-0.39, 0.29) is 11.8 Å². The highest BCUT2D eigenvalue weighted by Gasteiger charge is 2.21. The van der Waals surface area contributed by atoms with Crippen LogP contribution >= 0.6 is 0 Å². The second-order valence-electron chi connectivity index (χ2n) is 5.22. The number of para-hydroxylation sites is 1. The monoisotopic (exact) mass is 269 g/mol. The van der Waals surface area contributed by atoms with Gasteiger partial charge in [-0.1, -0.05) is 24.3 Å². The Morgan fingerprint density at radius 3 is 3.10 bits per heavy atom. The summed E-state index contributed by atoms with van der Waals surface area (Å²) in [7, 11) is 0. The van der Waals surface area contributed by atoms with Crippen molar-refractivity contribution in [1.29, 1.82) is 0 Å². The third kappa shape index (κ3) is 2.80. The van der Waals surface area contributed by atoms with Gasteiger partial charge in [0.2, 0.25) is 5.91 Å². The van der Waals surface area contributed by atoms with E-state index in [1.54, 1.807) is 0 Å². The number of aromatic nitrogens is 1. The lowest BCUT2D eigenvalue weighted by atomic mass is 10.1. The average molecular weight is 269 g/mol. The van der Waals surface area contributed by atoms with Crippen molar-refractivity contribution in [3.63, 3.8) is 0 Å². The van der Waals surface area contributed by atoms with Crippen molar-refractivity contribution in [1.82, 2.24) is 15.6 Å². The molecule has 2 N–H and O–H groups in total. The van der Waals surface area contributed by atoms with Crippen LogP contribution in [0.25, 0.3) is 10.9 Å². The van der Waals surface area contributed by atoms with Crippen LogP contribution in [0.2, 0.25) is 0 Å². The smallest absolute Gasteiger partial charge is 0.224 e. The van der Waals surface area contributed by atoms with Crippen LogP contribution in [0.1, 0.15) is 12.0 Å². The molecule has 0 saturated carbocycles. The Labute approximate surface area is 118 Å². The molecule has 4 nitrogen and oxygen atoms in total. The second-order valence-corrected chi connectivity index (χ2v) is 5.22. The molecular formula is C16H19N3O. The van der Waals surface area contributed by atoms with E-state index in [9.17, 15) is 4.79 Å². The molecule has 1 fully saturated rings. The lowest BCUT2D eigenvalue weighted by Gasteiger charge is -2.10. The minimum absolute atomic E-state index is 0.139. The highest BCUT2D eigenvalue weighted by atomic mass is 16.1. The summed E-state index contributed by atoms with van der Waals surface area (Å²) in [5.41, 5.74) is 2.22. The molecule has 0 aliphatic carbocycles. The van der Waals surface area contributed by atoms with Crippen molar-refractivity contribution < 1.29 is 4.79 Å². The van der Waals surface area contributed by atoms with Crippen molar-refractivity contribution in [3.8, 4) is 0 Å². The zero-order valence-electron chi connectivity index (χ0n) is 11.4. The van der Waals surface area contributed by atoms with Crippen molar-refractivity contribution in [2.24, 2.45) is 5.92 Å². The maximum absolute atomic E-state index is 11.9. The maximum Gasteiger partial charge on any atom is 0.224 e. The Kier molecular flexibility index (Phi) is 3.92. The first-order valence-corrected chi connectivity index (χ1v) is 7.15. The highest BCUT2D eigenvalue weighted by molar-refractivity contribution is 5.82. The molecule has 0 spiro atoms. The number of carbonyl (C=O) groups excluding carboxylic acids is 1. The van der Waals surface area contributed by atoms with Gasteiger partial charge in [-0.05, 0) is 31.0 Å². The first kappa shape index (κ1) is 13.1. The third-order valence-electron chi connectivity index (χ3n) is 3.84. The standard InChI is InChI=1S/C16H19N3O/c20-16(14-6-9-17-11-14)19-10-7-13-4-1-3-12-5-2-8-18-15(12)13/h1-5,8,14,17H,6-7,9-11H2,(H,19,20). The Hall–Kier alpha value is -1.94. The van der Waals surface area contributed by atoms with E-state index in [0.29, 0.717) is 6.54 Å². The predicted octanol–water partition coefficient (Wildman–Crippen LogP) is 1.50. The molecule has 3 rings (SSSR count). The summed E-state index contributed by atoms with van der Waals surface area (Å²) >= 11 is 0. The fourth-order valence-corrected chi connectivity index (χ4v) is 2.71. The van der Waals surface area contributed by atoms with Gasteiger partial charge in [-0.25, -0.2) is 0 Å². The van der Waals surface area contributed by atoms with E-state index in [0.717, 1.165) is 36.8 Å². The zero-order chi connectivity index (χ0) is 13.8. The van der Waals surface area contributed by atoms with Crippen LogP contribution in [0.3, 0.4) is 0 Å².